The average Bonchev–Trinajstić information content (AvgIpc) is 2.69. The first-order chi connectivity index (χ1) is 12.3. The van der Waals surface area contributed by atoms with Crippen molar-refractivity contribution in [1.82, 2.24) is 0 Å². The van der Waals surface area contributed by atoms with Crippen LogP contribution in [0.4, 0.5) is 0 Å². The normalized spacial score (nSPS) is 10.6. The molecule has 4 aromatic carbocycles. The van der Waals surface area contributed by atoms with Crippen molar-refractivity contribution in [3.8, 4) is 16.9 Å². The van der Waals surface area contributed by atoms with Gasteiger partial charge in [-0.3, -0.25) is 0 Å². The summed E-state index contributed by atoms with van der Waals surface area (Å²) in [6.45, 7) is 0. The molecule has 0 fully saturated rings. The van der Waals surface area contributed by atoms with E-state index in [-0.39, 0.29) is 5.97 Å². The minimum atomic E-state index is -0.343. The Labute approximate surface area is 146 Å². The van der Waals surface area contributed by atoms with E-state index in [2.05, 4.69) is 12.1 Å². The summed E-state index contributed by atoms with van der Waals surface area (Å²) in [5.74, 6) is 0.196. The van der Waals surface area contributed by atoms with Crippen LogP contribution in [0.5, 0.6) is 5.75 Å². The van der Waals surface area contributed by atoms with Crippen LogP contribution in [0, 0.1) is 0 Å². The zero-order valence-electron chi connectivity index (χ0n) is 13.6. The third-order valence-corrected chi connectivity index (χ3v) is 4.18. The number of ether oxygens (including phenoxy) is 1. The van der Waals surface area contributed by atoms with Crippen LogP contribution in [0.3, 0.4) is 0 Å². The monoisotopic (exact) mass is 324 g/mol. The molecule has 4 aromatic rings. The molecule has 0 saturated carbocycles. The Kier molecular flexibility index (Phi) is 4.01. The molecule has 0 bridgehead atoms. The number of carbonyl (C=O) groups excluding carboxylic acids is 1. The summed E-state index contributed by atoms with van der Waals surface area (Å²) in [5, 5.41) is 1.92. The standard InChI is InChI=1S/C23H16O2/c24-23(22-12-6-10-19-9-4-5-11-21(19)22)25-20-15-13-18(14-16-20)17-7-2-1-3-8-17/h1-16H. The second-order valence-electron chi connectivity index (χ2n) is 5.81. The van der Waals surface area contributed by atoms with E-state index in [0.29, 0.717) is 11.3 Å². The maximum Gasteiger partial charge on any atom is 0.344 e. The molecule has 0 N–H and O–H groups in total. The molecular formula is C23H16O2. The number of hydrogen-bond donors (Lipinski definition) is 0. The van der Waals surface area contributed by atoms with Gasteiger partial charge in [0, 0.05) is 0 Å². The van der Waals surface area contributed by atoms with Crippen LogP contribution in [0.1, 0.15) is 10.4 Å². The number of benzene rings is 4. The van der Waals surface area contributed by atoms with Crippen molar-refractivity contribution < 1.29 is 9.53 Å². The topological polar surface area (TPSA) is 26.3 Å². The van der Waals surface area contributed by atoms with Crippen molar-refractivity contribution in [3.05, 3.63) is 103 Å². The molecule has 0 unspecified atom stereocenters. The third kappa shape index (κ3) is 3.15. The second kappa shape index (κ2) is 6.62. The Bertz CT molecular complexity index is 1010. The molecule has 0 aromatic heterocycles. The maximum atomic E-state index is 12.6. The van der Waals surface area contributed by atoms with Gasteiger partial charge in [0.15, 0.2) is 0 Å². The van der Waals surface area contributed by atoms with Crippen molar-refractivity contribution in [3.63, 3.8) is 0 Å². The van der Waals surface area contributed by atoms with Gasteiger partial charge in [-0.15, -0.1) is 0 Å². The quantitative estimate of drug-likeness (QED) is 0.355. The van der Waals surface area contributed by atoms with Crippen molar-refractivity contribution in [2.75, 3.05) is 0 Å². The maximum absolute atomic E-state index is 12.6. The van der Waals surface area contributed by atoms with Gasteiger partial charge in [0.25, 0.3) is 0 Å². The minimum Gasteiger partial charge on any atom is -0.423 e. The lowest BCUT2D eigenvalue weighted by molar-refractivity contribution is 0.0737. The molecule has 25 heavy (non-hydrogen) atoms. The van der Waals surface area contributed by atoms with Gasteiger partial charge in [0.05, 0.1) is 5.56 Å². The van der Waals surface area contributed by atoms with E-state index in [0.717, 1.165) is 21.9 Å². The highest BCUT2D eigenvalue weighted by Crippen LogP contribution is 2.24. The highest BCUT2D eigenvalue weighted by Gasteiger charge is 2.12. The van der Waals surface area contributed by atoms with Crippen LogP contribution in [-0.4, -0.2) is 5.97 Å². The van der Waals surface area contributed by atoms with Gasteiger partial charge in [0.2, 0.25) is 0 Å². The van der Waals surface area contributed by atoms with E-state index in [1.807, 2.05) is 78.9 Å². The smallest absolute Gasteiger partial charge is 0.344 e. The number of rotatable bonds is 3. The summed E-state index contributed by atoms with van der Waals surface area (Å²) in [6.07, 6.45) is 0. The molecule has 0 amide bonds. The van der Waals surface area contributed by atoms with Crippen molar-refractivity contribution in [2.24, 2.45) is 0 Å². The molecule has 0 atom stereocenters. The molecule has 0 radical (unpaired) electrons. The largest absolute Gasteiger partial charge is 0.423 e. The first-order valence-electron chi connectivity index (χ1n) is 8.17. The molecule has 2 nitrogen and oxygen atoms in total. The summed E-state index contributed by atoms with van der Waals surface area (Å²) < 4.78 is 5.56. The van der Waals surface area contributed by atoms with E-state index in [1.165, 1.54) is 0 Å². The minimum absolute atomic E-state index is 0.343. The molecule has 120 valence electrons. The summed E-state index contributed by atoms with van der Waals surface area (Å²) >= 11 is 0. The summed E-state index contributed by atoms with van der Waals surface area (Å²) in [7, 11) is 0. The molecule has 0 heterocycles. The van der Waals surface area contributed by atoms with Gasteiger partial charge >= 0.3 is 5.97 Å². The van der Waals surface area contributed by atoms with Gasteiger partial charge in [-0.25, -0.2) is 4.79 Å². The fraction of sp³-hybridized carbons (Fsp3) is 0. The fourth-order valence-corrected chi connectivity index (χ4v) is 2.91. The Balaban J connectivity index is 1.58. The number of esters is 1. The number of hydrogen-bond acceptors (Lipinski definition) is 2. The molecule has 2 heteroatoms. The Morgan fingerprint density at radius 3 is 2.04 bits per heavy atom. The molecule has 0 aliphatic rings. The number of carbonyl (C=O) groups is 1. The van der Waals surface area contributed by atoms with Gasteiger partial charge in [-0.05, 0) is 40.1 Å². The first kappa shape index (κ1) is 15.2. The van der Waals surface area contributed by atoms with E-state index < -0.39 is 0 Å². The predicted molar refractivity (Wildman–Crippen MR) is 101 cm³/mol. The predicted octanol–water partition coefficient (Wildman–Crippen LogP) is 5.73. The van der Waals surface area contributed by atoms with Crippen LogP contribution in [0.15, 0.2) is 97.1 Å². The zero-order chi connectivity index (χ0) is 17.1. The van der Waals surface area contributed by atoms with Crippen molar-refractivity contribution in [1.29, 1.82) is 0 Å². The van der Waals surface area contributed by atoms with E-state index in [1.54, 1.807) is 6.07 Å². The summed E-state index contributed by atoms with van der Waals surface area (Å²) in [5.41, 5.74) is 2.80. The summed E-state index contributed by atoms with van der Waals surface area (Å²) in [6, 6.07) is 31.1. The van der Waals surface area contributed by atoms with E-state index in [9.17, 15) is 4.79 Å². The first-order valence-corrected chi connectivity index (χ1v) is 8.17. The zero-order valence-corrected chi connectivity index (χ0v) is 13.6. The SMILES string of the molecule is O=C(Oc1ccc(-c2ccccc2)cc1)c1cccc2ccccc12. The molecule has 0 saturated heterocycles. The van der Waals surface area contributed by atoms with E-state index >= 15 is 0 Å². The van der Waals surface area contributed by atoms with Crippen LogP contribution >= 0.6 is 0 Å². The molecular weight excluding hydrogens is 308 g/mol. The lowest BCUT2D eigenvalue weighted by Crippen LogP contribution is -2.08. The highest BCUT2D eigenvalue weighted by atomic mass is 16.5. The Morgan fingerprint density at radius 1 is 0.600 bits per heavy atom. The van der Waals surface area contributed by atoms with Crippen LogP contribution in [0.25, 0.3) is 21.9 Å². The lowest BCUT2D eigenvalue weighted by atomic mass is 10.0. The summed E-state index contributed by atoms with van der Waals surface area (Å²) in [4.78, 5) is 12.6. The Hall–Kier alpha value is -3.39. The van der Waals surface area contributed by atoms with Crippen LogP contribution < -0.4 is 4.74 Å². The molecule has 0 aliphatic carbocycles. The van der Waals surface area contributed by atoms with Crippen LogP contribution in [-0.2, 0) is 0 Å². The van der Waals surface area contributed by atoms with Gasteiger partial charge < -0.3 is 4.74 Å². The molecule has 4 rings (SSSR count). The van der Waals surface area contributed by atoms with Crippen molar-refractivity contribution >= 4 is 16.7 Å². The van der Waals surface area contributed by atoms with Gasteiger partial charge in [0.1, 0.15) is 5.75 Å². The molecule has 0 spiro atoms. The Morgan fingerprint density at radius 2 is 1.24 bits per heavy atom. The van der Waals surface area contributed by atoms with Gasteiger partial charge in [-0.2, -0.15) is 0 Å². The third-order valence-electron chi connectivity index (χ3n) is 4.18. The molecule has 0 aliphatic heterocycles. The van der Waals surface area contributed by atoms with Crippen molar-refractivity contribution in [2.45, 2.75) is 0 Å². The number of fused-ring (bicyclic) bond motifs is 1. The average molecular weight is 324 g/mol. The second-order valence-corrected chi connectivity index (χ2v) is 5.81. The van der Waals surface area contributed by atoms with Gasteiger partial charge in [-0.1, -0.05) is 78.9 Å². The van der Waals surface area contributed by atoms with Crippen LogP contribution in [0.2, 0.25) is 0 Å². The lowest BCUT2D eigenvalue weighted by Gasteiger charge is -2.08. The van der Waals surface area contributed by atoms with E-state index in [4.69, 9.17) is 4.74 Å². The fourth-order valence-electron chi connectivity index (χ4n) is 2.91. The highest BCUT2D eigenvalue weighted by molar-refractivity contribution is 6.05.